The third-order valence-corrected chi connectivity index (χ3v) is 5.09. The molecule has 1 aromatic carbocycles. The molecule has 2 fully saturated rings. The van der Waals surface area contributed by atoms with Gasteiger partial charge in [0.25, 0.3) is 0 Å². The van der Waals surface area contributed by atoms with Crippen molar-refractivity contribution in [3.63, 3.8) is 0 Å². The maximum atomic E-state index is 12.6. The van der Waals surface area contributed by atoms with Crippen molar-refractivity contribution >= 4 is 17.7 Å². The summed E-state index contributed by atoms with van der Waals surface area (Å²) >= 11 is 1.79. The lowest BCUT2D eigenvalue weighted by Crippen LogP contribution is -2.51. The summed E-state index contributed by atoms with van der Waals surface area (Å²) in [5, 5.41) is 3.30. The zero-order chi connectivity index (χ0) is 13.8. The molecule has 2 aliphatic heterocycles. The summed E-state index contributed by atoms with van der Waals surface area (Å²) in [4.78, 5) is 17.0. The molecule has 2 heterocycles. The first kappa shape index (κ1) is 13.9. The van der Waals surface area contributed by atoms with Gasteiger partial charge in [0.15, 0.2) is 0 Å². The number of thioether (sulfide) groups is 1. The fourth-order valence-electron chi connectivity index (χ4n) is 2.75. The average molecular weight is 291 g/mol. The summed E-state index contributed by atoms with van der Waals surface area (Å²) in [6.07, 6.45) is 0. The third kappa shape index (κ3) is 3.16. The van der Waals surface area contributed by atoms with Gasteiger partial charge in [-0.05, 0) is 5.56 Å². The van der Waals surface area contributed by atoms with Crippen molar-refractivity contribution in [3.8, 4) is 0 Å². The fourth-order valence-corrected chi connectivity index (χ4v) is 4.00. The Kier molecular flexibility index (Phi) is 4.60. The molecule has 0 bridgehead atoms. The number of nitrogens with zero attached hydrogens (tertiary/aromatic N) is 2. The van der Waals surface area contributed by atoms with E-state index in [9.17, 15) is 4.79 Å². The van der Waals surface area contributed by atoms with E-state index in [4.69, 9.17) is 0 Å². The Morgan fingerprint density at radius 1 is 1.20 bits per heavy atom. The number of carbonyl (C=O) groups is 1. The maximum absolute atomic E-state index is 12.6. The standard InChI is InChI=1S/C15H21N3OS/c19-14(17-8-6-16-7-9-17)15-18(10-11-20-15)12-13-4-2-1-3-5-13/h1-5,15-16H,6-12H2. The summed E-state index contributed by atoms with van der Waals surface area (Å²) in [5.74, 6) is 1.35. The second kappa shape index (κ2) is 6.61. The topological polar surface area (TPSA) is 35.6 Å². The van der Waals surface area contributed by atoms with E-state index >= 15 is 0 Å². The van der Waals surface area contributed by atoms with E-state index in [2.05, 4.69) is 34.5 Å². The van der Waals surface area contributed by atoms with Crippen LogP contribution < -0.4 is 5.32 Å². The van der Waals surface area contributed by atoms with Gasteiger partial charge in [0.05, 0.1) is 0 Å². The predicted molar refractivity (Wildman–Crippen MR) is 82.5 cm³/mol. The Morgan fingerprint density at radius 3 is 2.70 bits per heavy atom. The zero-order valence-electron chi connectivity index (χ0n) is 11.6. The van der Waals surface area contributed by atoms with E-state index < -0.39 is 0 Å². The summed E-state index contributed by atoms with van der Waals surface area (Å²) in [5.41, 5.74) is 1.29. The highest BCUT2D eigenvalue weighted by Gasteiger charge is 2.34. The highest BCUT2D eigenvalue weighted by molar-refractivity contribution is 8.00. The molecule has 0 aliphatic carbocycles. The molecule has 0 radical (unpaired) electrons. The van der Waals surface area contributed by atoms with E-state index in [0.717, 1.165) is 45.0 Å². The van der Waals surface area contributed by atoms with Crippen LogP contribution in [0.2, 0.25) is 0 Å². The minimum absolute atomic E-state index is 0.00769. The molecule has 2 saturated heterocycles. The van der Waals surface area contributed by atoms with Crippen molar-refractivity contribution in [2.75, 3.05) is 38.5 Å². The minimum atomic E-state index is 0.00769. The molecule has 5 heteroatoms. The number of hydrogen-bond donors (Lipinski definition) is 1. The van der Waals surface area contributed by atoms with Gasteiger partial charge >= 0.3 is 0 Å². The number of amides is 1. The SMILES string of the molecule is O=C(C1SCCN1Cc1ccccc1)N1CCNCC1. The molecular formula is C15H21N3OS. The van der Waals surface area contributed by atoms with Gasteiger partial charge in [0.1, 0.15) is 5.37 Å². The number of piperazine rings is 1. The molecule has 20 heavy (non-hydrogen) atoms. The fraction of sp³-hybridized carbons (Fsp3) is 0.533. The molecule has 1 aromatic rings. The summed E-state index contributed by atoms with van der Waals surface area (Å²) in [6, 6.07) is 10.4. The number of nitrogens with one attached hydrogen (secondary N) is 1. The van der Waals surface area contributed by atoms with Crippen LogP contribution in [0.25, 0.3) is 0 Å². The lowest BCUT2D eigenvalue weighted by Gasteiger charge is -2.32. The van der Waals surface area contributed by atoms with Crippen LogP contribution in [0.5, 0.6) is 0 Å². The van der Waals surface area contributed by atoms with Crippen LogP contribution in [0.3, 0.4) is 0 Å². The predicted octanol–water partition coefficient (Wildman–Crippen LogP) is 0.993. The monoisotopic (exact) mass is 291 g/mol. The van der Waals surface area contributed by atoms with Crippen LogP contribution in [-0.2, 0) is 11.3 Å². The first-order chi connectivity index (χ1) is 9.84. The van der Waals surface area contributed by atoms with Crippen molar-refractivity contribution in [1.82, 2.24) is 15.1 Å². The van der Waals surface area contributed by atoms with E-state index in [1.807, 2.05) is 11.0 Å². The number of carbonyl (C=O) groups excluding carboxylic acids is 1. The van der Waals surface area contributed by atoms with Gasteiger partial charge in [-0.15, -0.1) is 11.8 Å². The molecule has 0 spiro atoms. The number of benzene rings is 1. The van der Waals surface area contributed by atoms with E-state index in [-0.39, 0.29) is 5.37 Å². The van der Waals surface area contributed by atoms with Crippen LogP contribution >= 0.6 is 11.8 Å². The molecular weight excluding hydrogens is 270 g/mol. The summed E-state index contributed by atoms with van der Waals surface area (Å²) in [6.45, 7) is 5.39. The largest absolute Gasteiger partial charge is 0.338 e. The molecule has 3 rings (SSSR count). The van der Waals surface area contributed by atoms with Crippen LogP contribution in [0.4, 0.5) is 0 Å². The summed E-state index contributed by atoms with van der Waals surface area (Å²) in [7, 11) is 0. The van der Waals surface area contributed by atoms with Crippen molar-refractivity contribution in [2.45, 2.75) is 11.9 Å². The van der Waals surface area contributed by atoms with Crippen LogP contribution in [0.1, 0.15) is 5.56 Å². The normalized spacial score (nSPS) is 24.0. The number of rotatable bonds is 3. The van der Waals surface area contributed by atoms with Gasteiger partial charge in [-0.2, -0.15) is 0 Å². The molecule has 1 amide bonds. The Morgan fingerprint density at radius 2 is 1.95 bits per heavy atom. The molecule has 2 aliphatic rings. The van der Waals surface area contributed by atoms with Gasteiger partial charge < -0.3 is 10.2 Å². The molecule has 1 atom stereocenters. The average Bonchev–Trinajstić information content (AvgIpc) is 2.96. The van der Waals surface area contributed by atoms with E-state index in [1.165, 1.54) is 5.56 Å². The molecule has 0 aromatic heterocycles. The third-order valence-electron chi connectivity index (χ3n) is 3.85. The second-order valence-corrected chi connectivity index (χ2v) is 6.44. The van der Waals surface area contributed by atoms with Gasteiger partial charge in [-0.1, -0.05) is 30.3 Å². The molecule has 108 valence electrons. The second-order valence-electron chi connectivity index (χ2n) is 5.25. The Hall–Kier alpha value is -1.04. The lowest BCUT2D eigenvalue weighted by molar-refractivity contribution is -0.134. The highest BCUT2D eigenvalue weighted by atomic mass is 32.2. The first-order valence-electron chi connectivity index (χ1n) is 7.24. The Balaban J connectivity index is 1.64. The van der Waals surface area contributed by atoms with Gasteiger partial charge in [0.2, 0.25) is 5.91 Å². The van der Waals surface area contributed by atoms with Crippen LogP contribution in [0.15, 0.2) is 30.3 Å². The van der Waals surface area contributed by atoms with Crippen molar-refractivity contribution in [1.29, 1.82) is 0 Å². The summed E-state index contributed by atoms with van der Waals surface area (Å²) < 4.78 is 0. The van der Waals surface area contributed by atoms with E-state index in [0.29, 0.717) is 5.91 Å². The Bertz CT molecular complexity index is 448. The molecule has 1 N–H and O–H groups in total. The maximum Gasteiger partial charge on any atom is 0.250 e. The number of hydrogen-bond acceptors (Lipinski definition) is 4. The van der Waals surface area contributed by atoms with Gasteiger partial charge in [0, 0.05) is 45.0 Å². The lowest BCUT2D eigenvalue weighted by atomic mass is 10.2. The van der Waals surface area contributed by atoms with Gasteiger partial charge in [-0.25, -0.2) is 0 Å². The van der Waals surface area contributed by atoms with Crippen LogP contribution in [0, 0.1) is 0 Å². The zero-order valence-corrected chi connectivity index (χ0v) is 12.4. The van der Waals surface area contributed by atoms with Gasteiger partial charge in [-0.3, -0.25) is 9.69 Å². The van der Waals surface area contributed by atoms with Crippen LogP contribution in [-0.4, -0.2) is 59.6 Å². The van der Waals surface area contributed by atoms with Crippen molar-refractivity contribution in [2.24, 2.45) is 0 Å². The molecule has 0 saturated carbocycles. The van der Waals surface area contributed by atoms with Crippen molar-refractivity contribution in [3.05, 3.63) is 35.9 Å². The van der Waals surface area contributed by atoms with E-state index in [1.54, 1.807) is 11.8 Å². The first-order valence-corrected chi connectivity index (χ1v) is 8.28. The minimum Gasteiger partial charge on any atom is -0.338 e. The Labute approximate surface area is 124 Å². The van der Waals surface area contributed by atoms with Crippen molar-refractivity contribution < 1.29 is 4.79 Å². The molecule has 4 nitrogen and oxygen atoms in total. The smallest absolute Gasteiger partial charge is 0.250 e. The highest BCUT2D eigenvalue weighted by Crippen LogP contribution is 2.27. The molecule has 1 unspecified atom stereocenters. The quantitative estimate of drug-likeness (QED) is 0.901.